The van der Waals surface area contributed by atoms with Gasteiger partial charge in [-0.1, -0.05) is 66.8 Å². The smallest absolute Gasteiger partial charge is 0.267 e. The van der Waals surface area contributed by atoms with Crippen LogP contribution in [0.3, 0.4) is 0 Å². The van der Waals surface area contributed by atoms with E-state index in [0.29, 0.717) is 37.2 Å². The molecule has 0 N–H and O–H groups in total. The Morgan fingerprint density at radius 1 is 1.21 bits per heavy atom. The zero-order chi connectivity index (χ0) is 23.8. The molecule has 174 valence electrons. The zero-order valence-electron chi connectivity index (χ0n) is 18.6. The van der Waals surface area contributed by atoms with Crippen LogP contribution in [0.2, 0.25) is 5.02 Å². The van der Waals surface area contributed by atoms with Crippen LogP contribution >= 0.6 is 35.6 Å². The Morgan fingerprint density at radius 3 is 2.79 bits per heavy atom. The number of fused-ring (bicyclic) bond motifs is 1. The fraction of sp³-hybridized carbons (Fsp3) is 0.280. The maximum Gasteiger partial charge on any atom is 0.267 e. The molecule has 0 radical (unpaired) electrons. The van der Waals surface area contributed by atoms with Crippen molar-refractivity contribution < 1.29 is 4.79 Å². The fourth-order valence-electron chi connectivity index (χ4n) is 4.40. The van der Waals surface area contributed by atoms with E-state index in [1.54, 1.807) is 24.4 Å². The van der Waals surface area contributed by atoms with E-state index in [1.807, 2.05) is 30.3 Å². The lowest BCUT2D eigenvalue weighted by molar-refractivity contribution is -0.122. The summed E-state index contributed by atoms with van der Waals surface area (Å²) in [7, 11) is 0. The van der Waals surface area contributed by atoms with Crippen molar-refractivity contribution in [2.45, 2.75) is 26.3 Å². The van der Waals surface area contributed by atoms with Crippen molar-refractivity contribution >= 4 is 63.3 Å². The van der Waals surface area contributed by atoms with Crippen molar-refractivity contribution in [1.82, 2.24) is 14.3 Å². The number of anilines is 1. The average Bonchev–Trinajstić information content (AvgIpc) is 3.09. The van der Waals surface area contributed by atoms with Crippen LogP contribution in [-0.2, 0) is 11.3 Å². The van der Waals surface area contributed by atoms with Gasteiger partial charge in [0.1, 0.15) is 15.8 Å². The summed E-state index contributed by atoms with van der Waals surface area (Å²) in [6.07, 6.45) is 5.55. The molecule has 2 aromatic heterocycles. The fourth-order valence-corrected chi connectivity index (χ4v) is 5.84. The second kappa shape index (κ2) is 9.52. The molecule has 0 saturated carbocycles. The summed E-state index contributed by atoms with van der Waals surface area (Å²) in [4.78, 5) is 35.8. The quantitative estimate of drug-likeness (QED) is 0.364. The number of halogens is 1. The van der Waals surface area contributed by atoms with Gasteiger partial charge in [0.15, 0.2) is 0 Å². The van der Waals surface area contributed by atoms with Crippen molar-refractivity contribution in [2.24, 2.45) is 5.92 Å². The summed E-state index contributed by atoms with van der Waals surface area (Å²) in [6.45, 7) is 4.14. The van der Waals surface area contributed by atoms with E-state index >= 15 is 0 Å². The minimum Gasteiger partial charge on any atom is -0.356 e. The predicted molar refractivity (Wildman–Crippen MR) is 142 cm³/mol. The summed E-state index contributed by atoms with van der Waals surface area (Å²) >= 11 is 13.0. The van der Waals surface area contributed by atoms with Crippen LogP contribution < -0.4 is 10.5 Å². The van der Waals surface area contributed by atoms with E-state index in [-0.39, 0.29) is 18.0 Å². The second-order valence-corrected chi connectivity index (χ2v) is 10.7. The maximum atomic E-state index is 13.5. The van der Waals surface area contributed by atoms with Crippen LogP contribution in [0.1, 0.15) is 30.9 Å². The molecule has 0 aliphatic carbocycles. The number of pyridine rings is 1. The van der Waals surface area contributed by atoms with Gasteiger partial charge in [-0.3, -0.25) is 18.9 Å². The number of thioether (sulfide) groups is 1. The molecule has 1 atom stereocenters. The molecule has 34 heavy (non-hydrogen) atoms. The molecular weight excluding hydrogens is 488 g/mol. The standard InChI is InChI=1S/C25H23ClN4O2S2/c1-16-7-6-11-28(14-16)22-18(23(31)29-12-5-4-10-21(29)27-22)13-20-24(32)30(25(33)34-20)15-17-8-2-3-9-19(17)26/h2-5,8-10,12-13,16H,6-7,11,14-15H2,1H3. The monoisotopic (exact) mass is 510 g/mol. The van der Waals surface area contributed by atoms with Crippen molar-refractivity contribution in [2.75, 3.05) is 18.0 Å². The predicted octanol–water partition coefficient (Wildman–Crippen LogP) is 4.99. The van der Waals surface area contributed by atoms with Gasteiger partial charge < -0.3 is 4.90 Å². The van der Waals surface area contributed by atoms with Gasteiger partial charge in [0, 0.05) is 24.3 Å². The number of carbonyl (C=O) groups excluding carboxylic acids is 1. The summed E-state index contributed by atoms with van der Waals surface area (Å²) in [5.41, 5.74) is 1.62. The first-order chi connectivity index (χ1) is 16.4. The zero-order valence-corrected chi connectivity index (χ0v) is 21.0. The Morgan fingerprint density at radius 2 is 2.00 bits per heavy atom. The molecule has 2 aliphatic heterocycles. The van der Waals surface area contributed by atoms with Crippen LogP contribution in [0.15, 0.2) is 58.4 Å². The van der Waals surface area contributed by atoms with Gasteiger partial charge in [-0.05, 0) is 48.6 Å². The van der Waals surface area contributed by atoms with Gasteiger partial charge in [0.05, 0.1) is 17.0 Å². The third-order valence-electron chi connectivity index (χ3n) is 6.14. The molecule has 2 aliphatic rings. The molecule has 0 bridgehead atoms. The van der Waals surface area contributed by atoms with Gasteiger partial charge in [-0.25, -0.2) is 4.98 Å². The van der Waals surface area contributed by atoms with Crippen LogP contribution in [0.5, 0.6) is 0 Å². The second-order valence-electron chi connectivity index (χ2n) is 8.64. The first kappa shape index (κ1) is 23.1. The van der Waals surface area contributed by atoms with Gasteiger partial charge in [0.25, 0.3) is 11.5 Å². The summed E-state index contributed by atoms with van der Waals surface area (Å²) in [5, 5.41) is 0.582. The van der Waals surface area contributed by atoms with Crippen molar-refractivity contribution in [3.05, 3.63) is 80.1 Å². The van der Waals surface area contributed by atoms with Gasteiger partial charge in [-0.2, -0.15) is 0 Å². The Kier molecular flexibility index (Phi) is 6.46. The Labute approximate surface area is 212 Å². The van der Waals surface area contributed by atoms with E-state index in [4.69, 9.17) is 28.8 Å². The number of carbonyl (C=O) groups is 1. The molecule has 5 rings (SSSR count). The number of piperidine rings is 1. The summed E-state index contributed by atoms with van der Waals surface area (Å²) < 4.78 is 1.96. The number of thiocarbonyl (C=S) groups is 1. The van der Waals surface area contributed by atoms with Crippen LogP contribution in [0.4, 0.5) is 5.82 Å². The number of amides is 1. The highest BCUT2D eigenvalue weighted by atomic mass is 35.5. The van der Waals surface area contributed by atoms with Crippen molar-refractivity contribution in [3.8, 4) is 0 Å². The molecule has 2 fully saturated rings. The Hall–Kier alpha value is -2.68. The molecular formula is C25H23ClN4O2S2. The molecule has 0 spiro atoms. The first-order valence-electron chi connectivity index (χ1n) is 11.2. The molecule has 1 unspecified atom stereocenters. The molecule has 3 aromatic rings. The minimum atomic E-state index is -0.231. The molecule has 6 nitrogen and oxygen atoms in total. The molecule has 9 heteroatoms. The third kappa shape index (κ3) is 4.37. The molecule has 2 saturated heterocycles. The van der Waals surface area contributed by atoms with Crippen molar-refractivity contribution in [3.63, 3.8) is 0 Å². The number of benzene rings is 1. The lowest BCUT2D eigenvalue weighted by Crippen LogP contribution is -2.37. The third-order valence-corrected chi connectivity index (χ3v) is 7.89. The minimum absolute atomic E-state index is 0.199. The molecule has 4 heterocycles. The van der Waals surface area contributed by atoms with Gasteiger partial charge >= 0.3 is 0 Å². The SMILES string of the molecule is CC1CCCN(c2nc3ccccn3c(=O)c2C=C2SC(=S)N(Cc3ccccc3Cl)C2=O)C1. The average molecular weight is 511 g/mol. The Balaban J connectivity index is 1.56. The molecule has 1 amide bonds. The number of hydrogen-bond donors (Lipinski definition) is 0. The maximum absolute atomic E-state index is 13.5. The van der Waals surface area contributed by atoms with Crippen LogP contribution in [0.25, 0.3) is 11.7 Å². The highest BCUT2D eigenvalue weighted by Gasteiger charge is 2.33. The lowest BCUT2D eigenvalue weighted by atomic mass is 10.00. The van der Waals surface area contributed by atoms with Gasteiger partial charge in [0.2, 0.25) is 0 Å². The highest BCUT2D eigenvalue weighted by Crippen LogP contribution is 2.35. The topological polar surface area (TPSA) is 57.9 Å². The van der Waals surface area contributed by atoms with E-state index in [1.165, 1.54) is 21.1 Å². The number of nitrogens with zero attached hydrogens (tertiary/aromatic N) is 4. The first-order valence-corrected chi connectivity index (χ1v) is 12.8. The largest absolute Gasteiger partial charge is 0.356 e. The van der Waals surface area contributed by atoms with Gasteiger partial charge in [-0.15, -0.1) is 0 Å². The summed E-state index contributed by atoms with van der Waals surface area (Å²) in [5.74, 6) is 0.899. The van der Waals surface area contributed by atoms with Crippen molar-refractivity contribution in [1.29, 1.82) is 0 Å². The highest BCUT2D eigenvalue weighted by molar-refractivity contribution is 8.26. The van der Waals surface area contributed by atoms with E-state index in [2.05, 4.69) is 11.8 Å². The van der Waals surface area contributed by atoms with E-state index in [9.17, 15) is 9.59 Å². The van der Waals surface area contributed by atoms with Crippen LogP contribution in [-0.4, -0.2) is 37.6 Å². The number of hydrogen-bond acceptors (Lipinski definition) is 6. The van der Waals surface area contributed by atoms with E-state index < -0.39 is 0 Å². The Bertz CT molecular complexity index is 1390. The lowest BCUT2D eigenvalue weighted by Gasteiger charge is -2.32. The summed E-state index contributed by atoms with van der Waals surface area (Å²) in [6, 6.07) is 12.9. The molecule has 1 aromatic carbocycles. The number of rotatable bonds is 4. The number of aromatic nitrogens is 2. The normalized spacial score (nSPS) is 20.1. The van der Waals surface area contributed by atoms with E-state index in [0.717, 1.165) is 31.5 Å². The van der Waals surface area contributed by atoms with Crippen LogP contribution in [0, 0.1) is 5.92 Å².